The molecule has 44 heavy (non-hydrogen) atoms. The maximum atomic E-state index is 13.8. The van der Waals surface area contributed by atoms with Gasteiger partial charge in [0, 0.05) is 64.5 Å². The summed E-state index contributed by atoms with van der Waals surface area (Å²) in [4.78, 5) is 61.5. The summed E-state index contributed by atoms with van der Waals surface area (Å²) < 4.78 is 1.99. The van der Waals surface area contributed by atoms with E-state index in [1.165, 1.54) is 0 Å². The summed E-state index contributed by atoms with van der Waals surface area (Å²) in [5.74, 6) is 1.04. The number of fused-ring (bicyclic) bond motifs is 6. The fourth-order valence-corrected chi connectivity index (χ4v) is 10.2. The molecule has 6 unspecified atom stereocenters. The van der Waals surface area contributed by atoms with Crippen molar-refractivity contribution in [3.63, 3.8) is 0 Å². The maximum Gasteiger partial charge on any atom is 0.320 e. The number of hydrogen-bond donors (Lipinski definition) is 0. The Morgan fingerprint density at radius 1 is 0.841 bits per heavy atom. The second-order valence-electron chi connectivity index (χ2n) is 14.7. The fraction of sp³-hybridized carbons (Fsp3) is 0.657. The lowest BCUT2D eigenvalue weighted by molar-refractivity contribution is -0.141. The first-order valence-corrected chi connectivity index (χ1v) is 17.0. The number of urea groups is 1. The quantitative estimate of drug-likeness (QED) is 0.473. The molecule has 3 saturated carbocycles. The SMILES string of the molecule is CC1C2CC(C3C(=O)N(C[C@H]4C[C@@H]4CN4CCC(n5c(=O)ccc6ccccc65)CC4)C(=O)C23)C1N(C)C(=O)N1CCCC1. The smallest absolute Gasteiger partial charge is 0.320 e. The Kier molecular flexibility index (Phi) is 6.88. The Morgan fingerprint density at radius 3 is 2.27 bits per heavy atom. The number of amides is 4. The molecule has 2 aromatic rings. The molecule has 2 bridgehead atoms. The molecule has 234 valence electrons. The molecule has 8 atom stereocenters. The van der Waals surface area contributed by atoms with Gasteiger partial charge in [0.2, 0.25) is 11.8 Å². The van der Waals surface area contributed by atoms with Crippen LogP contribution in [0, 0.1) is 41.4 Å². The molecule has 3 aliphatic heterocycles. The summed E-state index contributed by atoms with van der Waals surface area (Å²) in [6.45, 7) is 7.30. The van der Waals surface area contributed by atoms with E-state index in [-0.39, 0.29) is 65.1 Å². The molecule has 9 nitrogen and oxygen atoms in total. The van der Waals surface area contributed by atoms with E-state index in [0.717, 1.165) is 82.2 Å². The Balaban J connectivity index is 0.870. The van der Waals surface area contributed by atoms with Crippen LogP contribution in [0.2, 0.25) is 0 Å². The first-order valence-electron chi connectivity index (χ1n) is 17.0. The second-order valence-corrected chi connectivity index (χ2v) is 14.7. The van der Waals surface area contributed by atoms with E-state index >= 15 is 0 Å². The molecule has 6 aliphatic rings. The zero-order valence-electron chi connectivity index (χ0n) is 26.0. The lowest BCUT2D eigenvalue weighted by atomic mass is 9.72. The molecule has 0 spiro atoms. The van der Waals surface area contributed by atoms with E-state index in [1.54, 1.807) is 11.0 Å². The molecule has 0 N–H and O–H groups in total. The minimum Gasteiger partial charge on any atom is -0.325 e. The summed E-state index contributed by atoms with van der Waals surface area (Å²) in [7, 11) is 1.91. The highest BCUT2D eigenvalue weighted by atomic mass is 16.2. The van der Waals surface area contributed by atoms with Crippen LogP contribution in [0.1, 0.15) is 51.5 Å². The topological polar surface area (TPSA) is 86.2 Å². The molecule has 6 fully saturated rings. The van der Waals surface area contributed by atoms with Crippen LogP contribution in [-0.4, -0.2) is 94.4 Å². The standard InChI is InChI=1S/C35H45N5O4/c1-21-26-18-27(32(21)36(2)35(44)38-13-5-6-14-38)31-30(26)33(42)39(34(31)43)20-24-17-23(24)19-37-15-11-25(12-16-37)40-28-8-4-3-7-22(28)9-10-29(40)41/h3-4,7-10,21,23-27,30-32H,5-6,11-20H2,1-2H3/t21?,23-,24-,26?,27?,30?,31?,32?/m1/s1. The predicted molar refractivity (Wildman–Crippen MR) is 167 cm³/mol. The molecular weight excluding hydrogens is 554 g/mol. The van der Waals surface area contributed by atoms with Gasteiger partial charge in [0.25, 0.3) is 5.56 Å². The molecule has 9 heteroatoms. The Hall–Kier alpha value is -3.20. The fourth-order valence-electron chi connectivity index (χ4n) is 10.2. The number of carbonyl (C=O) groups excluding carboxylic acids is 3. The highest BCUT2D eigenvalue weighted by Gasteiger charge is 2.67. The van der Waals surface area contributed by atoms with Gasteiger partial charge in [0.15, 0.2) is 0 Å². The lowest BCUT2D eigenvalue weighted by Crippen LogP contribution is -2.52. The van der Waals surface area contributed by atoms with Crippen molar-refractivity contribution in [2.45, 2.75) is 57.5 Å². The average molecular weight is 600 g/mol. The number of benzene rings is 1. The molecule has 1 aromatic heterocycles. The van der Waals surface area contributed by atoms with Crippen molar-refractivity contribution in [2.24, 2.45) is 41.4 Å². The minimum atomic E-state index is -0.253. The monoisotopic (exact) mass is 599 g/mol. The number of carbonyl (C=O) groups is 3. The van der Waals surface area contributed by atoms with Gasteiger partial charge in [-0.25, -0.2) is 4.79 Å². The van der Waals surface area contributed by atoms with Crippen LogP contribution in [0.15, 0.2) is 41.2 Å². The predicted octanol–water partition coefficient (Wildman–Crippen LogP) is 3.68. The van der Waals surface area contributed by atoms with Gasteiger partial charge in [-0.2, -0.15) is 0 Å². The Morgan fingerprint density at radius 2 is 1.52 bits per heavy atom. The number of para-hydroxylation sites is 1. The van der Waals surface area contributed by atoms with Crippen LogP contribution in [0.4, 0.5) is 4.79 Å². The van der Waals surface area contributed by atoms with Crippen molar-refractivity contribution < 1.29 is 14.4 Å². The van der Waals surface area contributed by atoms with E-state index in [1.807, 2.05) is 45.7 Å². The molecule has 3 aliphatic carbocycles. The van der Waals surface area contributed by atoms with Gasteiger partial charge >= 0.3 is 6.03 Å². The van der Waals surface area contributed by atoms with Crippen LogP contribution in [0.3, 0.4) is 0 Å². The van der Waals surface area contributed by atoms with E-state index < -0.39 is 0 Å². The van der Waals surface area contributed by atoms with Crippen molar-refractivity contribution in [3.05, 3.63) is 46.8 Å². The van der Waals surface area contributed by atoms with Gasteiger partial charge < -0.3 is 19.3 Å². The Bertz CT molecular complexity index is 1540. The van der Waals surface area contributed by atoms with E-state index in [2.05, 4.69) is 17.9 Å². The Labute approximate surface area is 259 Å². The molecule has 1 aromatic carbocycles. The van der Waals surface area contributed by atoms with Crippen LogP contribution in [-0.2, 0) is 9.59 Å². The summed E-state index contributed by atoms with van der Waals surface area (Å²) in [6, 6.07) is 12.1. The van der Waals surface area contributed by atoms with Crippen LogP contribution in [0.5, 0.6) is 0 Å². The van der Waals surface area contributed by atoms with Crippen molar-refractivity contribution in [3.8, 4) is 0 Å². The molecule has 8 rings (SSSR count). The highest BCUT2D eigenvalue weighted by molar-refractivity contribution is 6.06. The van der Waals surface area contributed by atoms with Gasteiger partial charge in [-0.1, -0.05) is 25.1 Å². The molecular formula is C35H45N5O4. The second kappa shape index (κ2) is 10.7. The lowest BCUT2D eigenvalue weighted by Gasteiger charge is -2.40. The largest absolute Gasteiger partial charge is 0.325 e. The van der Waals surface area contributed by atoms with Crippen molar-refractivity contribution >= 4 is 28.7 Å². The average Bonchev–Trinajstić information content (AvgIpc) is 3.41. The van der Waals surface area contributed by atoms with E-state index in [0.29, 0.717) is 18.4 Å². The number of piperidine rings is 1. The minimum absolute atomic E-state index is 0.0263. The van der Waals surface area contributed by atoms with E-state index in [4.69, 9.17) is 0 Å². The molecule has 4 heterocycles. The highest BCUT2D eigenvalue weighted by Crippen LogP contribution is 2.60. The van der Waals surface area contributed by atoms with Gasteiger partial charge in [-0.3, -0.25) is 19.3 Å². The zero-order chi connectivity index (χ0) is 30.3. The van der Waals surface area contributed by atoms with Crippen LogP contribution in [0.25, 0.3) is 10.9 Å². The van der Waals surface area contributed by atoms with Gasteiger partial charge in [0.1, 0.15) is 0 Å². The van der Waals surface area contributed by atoms with E-state index in [9.17, 15) is 19.2 Å². The zero-order valence-corrected chi connectivity index (χ0v) is 26.0. The summed E-state index contributed by atoms with van der Waals surface area (Å²) in [5.41, 5.74) is 1.09. The molecule has 3 saturated heterocycles. The summed E-state index contributed by atoms with van der Waals surface area (Å²) in [6.07, 6.45) is 5.98. The third-order valence-electron chi connectivity index (χ3n) is 12.5. The number of aromatic nitrogens is 1. The normalized spacial score (nSPS) is 35.2. The van der Waals surface area contributed by atoms with Crippen LogP contribution >= 0.6 is 0 Å². The maximum absolute atomic E-state index is 13.8. The van der Waals surface area contributed by atoms with Crippen LogP contribution < -0.4 is 5.56 Å². The van der Waals surface area contributed by atoms with Gasteiger partial charge in [-0.05, 0) is 85.6 Å². The van der Waals surface area contributed by atoms with Crippen molar-refractivity contribution in [1.82, 2.24) is 24.2 Å². The number of rotatable bonds is 6. The third-order valence-corrected chi connectivity index (χ3v) is 12.5. The molecule has 4 amide bonds. The summed E-state index contributed by atoms with van der Waals surface area (Å²) in [5, 5.41) is 1.10. The van der Waals surface area contributed by atoms with Crippen molar-refractivity contribution in [2.75, 3.05) is 46.3 Å². The number of nitrogens with zero attached hydrogens (tertiary/aromatic N) is 5. The molecule has 0 radical (unpaired) electrons. The third kappa shape index (κ3) is 4.44. The number of pyridine rings is 1. The number of hydrogen-bond acceptors (Lipinski definition) is 5. The number of imide groups is 1. The van der Waals surface area contributed by atoms with Crippen molar-refractivity contribution in [1.29, 1.82) is 0 Å². The first kappa shape index (κ1) is 28.3. The van der Waals surface area contributed by atoms with Gasteiger partial charge in [-0.15, -0.1) is 0 Å². The number of likely N-dealkylation sites (tertiary alicyclic amines) is 3. The van der Waals surface area contributed by atoms with Gasteiger partial charge in [0.05, 0.1) is 17.4 Å². The first-order chi connectivity index (χ1) is 21.3. The summed E-state index contributed by atoms with van der Waals surface area (Å²) >= 11 is 0.